The Morgan fingerprint density at radius 2 is 2.17 bits per heavy atom. The van der Waals surface area contributed by atoms with Gasteiger partial charge in [-0.1, -0.05) is 19.1 Å². The molecule has 1 atom stereocenters. The van der Waals surface area contributed by atoms with Crippen molar-refractivity contribution in [2.75, 3.05) is 0 Å². The highest BCUT2D eigenvalue weighted by molar-refractivity contribution is 7.09. The maximum Gasteiger partial charge on any atom is 0.330 e. The first kappa shape index (κ1) is 17.1. The molecule has 7 heteroatoms. The van der Waals surface area contributed by atoms with Crippen molar-refractivity contribution in [1.29, 1.82) is 0 Å². The number of benzene rings is 1. The predicted molar refractivity (Wildman–Crippen MR) is 84.9 cm³/mol. The van der Waals surface area contributed by atoms with Gasteiger partial charge in [-0.3, -0.25) is 4.79 Å². The van der Waals surface area contributed by atoms with E-state index in [1.165, 1.54) is 29.5 Å². The highest BCUT2D eigenvalue weighted by Gasteiger charge is 2.23. The van der Waals surface area contributed by atoms with Crippen LogP contribution < -0.4 is 5.32 Å². The summed E-state index contributed by atoms with van der Waals surface area (Å²) < 4.78 is 13.3. The summed E-state index contributed by atoms with van der Waals surface area (Å²) in [7, 11) is 0. The van der Waals surface area contributed by atoms with E-state index in [0.29, 0.717) is 16.8 Å². The van der Waals surface area contributed by atoms with E-state index in [9.17, 15) is 19.1 Å². The number of rotatable bonds is 6. The van der Waals surface area contributed by atoms with Crippen LogP contribution in [0.2, 0.25) is 0 Å². The molecule has 0 saturated carbocycles. The lowest BCUT2D eigenvalue weighted by atomic mass is 10.0. The number of amides is 1. The second-order valence-electron chi connectivity index (χ2n) is 5.11. The quantitative estimate of drug-likeness (QED) is 0.850. The molecule has 0 fully saturated rings. The van der Waals surface area contributed by atoms with Gasteiger partial charge in [0.1, 0.15) is 5.82 Å². The second kappa shape index (κ2) is 7.32. The molecule has 122 valence electrons. The van der Waals surface area contributed by atoms with Crippen LogP contribution in [0, 0.1) is 12.7 Å². The van der Waals surface area contributed by atoms with Crippen LogP contribution >= 0.6 is 11.3 Å². The average molecular weight is 336 g/mol. The van der Waals surface area contributed by atoms with Gasteiger partial charge < -0.3 is 10.4 Å². The van der Waals surface area contributed by atoms with E-state index >= 15 is 0 Å². The molecule has 2 N–H and O–H groups in total. The Kier molecular flexibility index (Phi) is 5.44. The highest BCUT2D eigenvalue weighted by Crippen LogP contribution is 2.18. The molecule has 0 radical (unpaired) electrons. The Morgan fingerprint density at radius 3 is 2.74 bits per heavy atom. The Balaban J connectivity index is 2.10. The molecular formula is C16H17FN2O3S. The lowest BCUT2D eigenvalue weighted by molar-refractivity contribution is -0.142. The molecule has 0 saturated heterocycles. The highest BCUT2D eigenvalue weighted by atomic mass is 32.1. The molecule has 0 aliphatic rings. The van der Waals surface area contributed by atoms with Crippen LogP contribution in [0.5, 0.6) is 0 Å². The van der Waals surface area contributed by atoms with Crippen molar-refractivity contribution in [3.8, 4) is 0 Å². The number of aliphatic carboxylic acids is 1. The van der Waals surface area contributed by atoms with Gasteiger partial charge >= 0.3 is 5.97 Å². The summed E-state index contributed by atoms with van der Waals surface area (Å²) in [6.07, 6.45) is 0.805. The number of aromatic nitrogens is 1. The van der Waals surface area contributed by atoms with Crippen molar-refractivity contribution in [3.63, 3.8) is 0 Å². The van der Waals surface area contributed by atoms with Crippen molar-refractivity contribution < 1.29 is 19.1 Å². The van der Waals surface area contributed by atoms with E-state index < -0.39 is 23.7 Å². The number of nitrogens with zero attached hydrogens (tertiary/aromatic N) is 1. The average Bonchev–Trinajstić information content (AvgIpc) is 2.95. The number of halogens is 1. The van der Waals surface area contributed by atoms with E-state index in [0.717, 1.165) is 11.4 Å². The third-order valence-corrected chi connectivity index (χ3v) is 4.35. The van der Waals surface area contributed by atoms with Gasteiger partial charge in [-0.05, 0) is 30.5 Å². The van der Waals surface area contributed by atoms with Gasteiger partial charge in [-0.2, -0.15) is 0 Å². The minimum absolute atomic E-state index is 0.0143. The molecule has 1 unspecified atom stereocenters. The molecule has 1 heterocycles. The molecule has 0 aliphatic heterocycles. The van der Waals surface area contributed by atoms with Crippen molar-refractivity contribution in [1.82, 2.24) is 10.3 Å². The van der Waals surface area contributed by atoms with Crippen LogP contribution in [0.25, 0.3) is 0 Å². The van der Waals surface area contributed by atoms with Crippen molar-refractivity contribution >= 4 is 23.2 Å². The minimum atomic E-state index is -1.22. The number of carboxylic acids is 1. The zero-order valence-corrected chi connectivity index (χ0v) is 13.6. The maximum atomic E-state index is 13.3. The molecular weight excluding hydrogens is 319 g/mol. The minimum Gasteiger partial charge on any atom is -0.479 e. The van der Waals surface area contributed by atoms with Gasteiger partial charge in [-0.25, -0.2) is 14.2 Å². The number of thiazole rings is 1. The summed E-state index contributed by atoms with van der Waals surface area (Å²) in [4.78, 5) is 27.8. The summed E-state index contributed by atoms with van der Waals surface area (Å²) in [5.74, 6) is -2.05. The lowest BCUT2D eigenvalue weighted by Crippen LogP contribution is -2.34. The van der Waals surface area contributed by atoms with E-state index in [-0.39, 0.29) is 6.42 Å². The van der Waals surface area contributed by atoms with E-state index in [4.69, 9.17) is 0 Å². The Labute approximate surface area is 137 Å². The monoisotopic (exact) mass is 336 g/mol. The SMILES string of the molecule is CCc1nc(CC(=O)NC(C(=O)O)c2ccc(F)c(C)c2)cs1. The Morgan fingerprint density at radius 1 is 1.43 bits per heavy atom. The summed E-state index contributed by atoms with van der Waals surface area (Å²) in [6.45, 7) is 3.52. The smallest absolute Gasteiger partial charge is 0.330 e. The standard InChI is InChI=1S/C16H17FN2O3S/c1-3-14-18-11(8-23-14)7-13(20)19-15(16(21)22)10-4-5-12(17)9(2)6-10/h4-6,8,15H,3,7H2,1-2H3,(H,19,20)(H,21,22). The Hall–Kier alpha value is -2.28. The lowest BCUT2D eigenvalue weighted by Gasteiger charge is -2.15. The van der Waals surface area contributed by atoms with E-state index in [2.05, 4.69) is 10.3 Å². The van der Waals surface area contributed by atoms with Gasteiger partial charge in [-0.15, -0.1) is 11.3 Å². The van der Waals surface area contributed by atoms with Gasteiger partial charge in [0.2, 0.25) is 5.91 Å². The second-order valence-corrected chi connectivity index (χ2v) is 6.05. The van der Waals surface area contributed by atoms with Crippen LogP contribution in [-0.4, -0.2) is 22.0 Å². The topological polar surface area (TPSA) is 79.3 Å². The van der Waals surface area contributed by atoms with Crippen LogP contribution in [0.1, 0.15) is 34.8 Å². The first-order valence-electron chi connectivity index (χ1n) is 7.12. The maximum absolute atomic E-state index is 13.3. The third kappa shape index (κ3) is 4.35. The van der Waals surface area contributed by atoms with Crippen LogP contribution in [-0.2, 0) is 22.4 Å². The van der Waals surface area contributed by atoms with E-state index in [1.807, 2.05) is 6.92 Å². The zero-order chi connectivity index (χ0) is 17.0. The Bertz CT molecular complexity index is 730. The summed E-state index contributed by atoms with van der Waals surface area (Å²) in [6, 6.07) is 2.76. The molecule has 23 heavy (non-hydrogen) atoms. The number of carboxylic acid groups (broad SMARTS) is 1. The van der Waals surface area contributed by atoms with E-state index in [1.54, 1.807) is 12.3 Å². The molecule has 0 bridgehead atoms. The number of carbonyl (C=O) groups excluding carboxylic acids is 1. The molecule has 1 amide bonds. The van der Waals surface area contributed by atoms with Crippen LogP contribution in [0.15, 0.2) is 23.6 Å². The predicted octanol–water partition coefficient (Wildman–Crippen LogP) is 2.64. The molecule has 2 rings (SSSR count). The summed E-state index contributed by atoms with van der Waals surface area (Å²) in [5, 5.41) is 14.5. The van der Waals surface area contributed by atoms with Gasteiger partial charge in [0, 0.05) is 5.38 Å². The first-order chi connectivity index (χ1) is 10.9. The number of carbonyl (C=O) groups is 2. The molecule has 1 aromatic heterocycles. The van der Waals surface area contributed by atoms with Crippen LogP contribution in [0.3, 0.4) is 0 Å². The first-order valence-corrected chi connectivity index (χ1v) is 8.00. The fourth-order valence-electron chi connectivity index (χ4n) is 2.10. The molecule has 2 aromatic rings. The number of aryl methyl sites for hydroxylation is 2. The molecule has 5 nitrogen and oxygen atoms in total. The molecule has 0 spiro atoms. The van der Waals surface area contributed by atoms with Gasteiger partial charge in [0.15, 0.2) is 6.04 Å². The number of hydrogen-bond acceptors (Lipinski definition) is 4. The fourth-order valence-corrected chi connectivity index (χ4v) is 2.85. The molecule has 0 aliphatic carbocycles. The molecule has 1 aromatic carbocycles. The fraction of sp³-hybridized carbons (Fsp3) is 0.312. The summed E-state index contributed by atoms with van der Waals surface area (Å²) >= 11 is 1.47. The number of nitrogens with one attached hydrogen (secondary N) is 1. The van der Waals surface area contributed by atoms with Crippen LogP contribution in [0.4, 0.5) is 4.39 Å². The van der Waals surface area contributed by atoms with Crippen molar-refractivity contribution in [2.24, 2.45) is 0 Å². The normalized spacial score (nSPS) is 12.0. The van der Waals surface area contributed by atoms with Crippen molar-refractivity contribution in [3.05, 3.63) is 51.2 Å². The third-order valence-electron chi connectivity index (χ3n) is 3.31. The van der Waals surface area contributed by atoms with Gasteiger partial charge in [0.25, 0.3) is 0 Å². The number of hydrogen-bond donors (Lipinski definition) is 2. The van der Waals surface area contributed by atoms with Crippen molar-refractivity contribution in [2.45, 2.75) is 32.7 Å². The van der Waals surface area contributed by atoms with Gasteiger partial charge in [0.05, 0.1) is 17.1 Å². The largest absolute Gasteiger partial charge is 0.479 e. The summed E-state index contributed by atoms with van der Waals surface area (Å²) in [5.41, 5.74) is 1.27. The zero-order valence-electron chi connectivity index (χ0n) is 12.8.